The van der Waals surface area contributed by atoms with Crippen LogP contribution < -0.4 is 4.74 Å². The van der Waals surface area contributed by atoms with E-state index in [-0.39, 0.29) is 0 Å². The first-order chi connectivity index (χ1) is 9.60. The highest BCUT2D eigenvalue weighted by molar-refractivity contribution is 6.30. The summed E-state index contributed by atoms with van der Waals surface area (Å²) in [6.45, 7) is 3.82. The Morgan fingerprint density at radius 2 is 2.10 bits per heavy atom. The van der Waals surface area contributed by atoms with Crippen molar-refractivity contribution in [2.75, 3.05) is 7.11 Å². The summed E-state index contributed by atoms with van der Waals surface area (Å²) in [6.07, 6.45) is 0.688. The van der Waals surface area contributed by atoms with E-state index < -0.39 is 0 Å². The molecule has 0 aliphatic rings. The highest BCUT2D eigenvalue weighted by atomic mass is 35.5. The fraction of sp³-hybridized carbons (Fsp3) is 0.267. The van der Waals surface area contributed by atoms with Gasteiger partial charge in [-0.1, -0.05) is 18.5 Å². The van der Waals surface area contributed by atoms with E-state index in [0.717, 1.165) is 11.1 Å². The second-order valence-corrected chi connectivity index (χ2v) is 4.64. The molecule has 0 atom stereocenters. The first-order valence-electron chi connectivity index (χ1n) is 6.22. The highest BCUT2D eigenvalue weighted by Crippen LogP contribution is 2.33. The van der Waals surface area contributed by atoms with E-state index >= 15 is 0 Å². The number of nitriles is 1. The molecule has 0 aliphatic heterocycles. The lowest BCUT2D eigenvalue weighted by Gasteiger charge is -2.12. The fourth-order valence-electron chi connectivity index (χ4n) is 1.92. The van der Waals surface area contributed by atoms with E-state index in [2.05, 4.69) is 16.0 Å². The highest BCUT2D eigenvalue weighted by Gasteiger charge is 2.15. The molecule has 0 amide bonds. The predicted molar refractivity (Wildman–Crippen MR) is 77.9 cm³/mol. The lowest BCUT2D eigenvalue weighted by Crippen LogP contribution is -2.01. The molecule has 0 bridgehead atoms. The van der Waals surface area contributed by atoms with Crippen LogP contribution >= 0.6 is 11.6 Å². The first kappa shape index (κ1) is 14.3. The van der Waals surface area contributed by atoms with Crippen molar-refractivity contribution in [1.29, 1.82) is 5.26 Å². The monoisotopic (exact) mass is 287 g/mol. The van der Waals surface area contributed by atoms with Crippen LogP contribution in [0.1, 0.15) is 23.9 Å². The van der Waals surface area contributed by atoms with Crippen molar-refractivity contribution in [3.63, 3.8) is 0 Å². The van der Waals surface area contributed by atoms with Crippen LogP contribution in [0.4, 0.5) is 0 Å². The normalized spacial score (nSPS) is 10.2. The molecule has 2 aromatic rings. The molecule has 102 valence electrons. The summed E-state index contributed by atoms with van der Waals surface area (Å²) in [5.74, 6) is 1.32. The van der Waals surface area contributed by atoms with Gasteiger partial charge in [-0.2, -0.15) is 5.26 Å². The molecule has 5 heteroatoms. The molecule has 1 aromatic heterocycles. The Labute approximate surface area is 123 Å². The van der Waals surface area contributed by atoms with Crippen LogP contribution in [-0.4, -0.2) is 17.1 Å². The number of ether oxygens (including phenoxy) is 1. The quantitative estimate of drug-likeness (QED) is 0.810. The average Bonchev–Trinajstić information content (AvgIpc) is 2.49. The van der Waals surface area contributed by atoms with Gasteiger partial charge >= 0.3 is 0 Å². The third-order valence-electron chi connectivity index (χ3n) is 3.03. The standard InChI is InChI=1S/C15H14ClN3O/c1-4-13-18-14(9(2)15(16)19-13)11-7-10(8-17)5-6-12(11)20-3/h5-7H,4H2,1-3H3. The fourth-order valence-corrected chi connectivity index (χ4v) is 2.10. The second kappa shape index (κ2) is 5.89. The van der Waals surface area contributed by atoms with Crippen molar-refractivity contribution < 1.29 is 4.74 Å². The van der Waals surface area contributed by atoms with Crippen LogP contribution in [0.5, 0.6) is 5.75 Å². The predicted octanol–water partition coefficient (Wildman–Crippen LogP) is 3.55. The summed E-state index contributed by atoms with van der Waals surface area (Å²) in [7, 11) is 1.59. The maximum atomic E-state index is 9.05. The van der Waals surface area contributed by atoms with Gasteiger partial charge in [-0.05, 0) is 25.1 Å². The molecule has 0 saturated heterocycles. The minimum absolute atomic E-state index is 0.427. The molecule has 0 spiro atoms. The summed E-state index contributed by atoms with van der Waals surface area (Å²) in [6, 6.07) is 7.34. The van der Waals surface area contributed by atoms with Gasteiger partial charge in [0.15, 0.2) is 0 Å². The number of hydrogen-bond acceptors (Lipinski definition) is 4. The molecule has 20 heavy (non-hydrogen) atoms. The summed E-state index contributed by atoms with van der Waals surface area (Å²) < 4.78 is 5.35. The van der Waals surface area contributed by atoms with Crippen LogP contribution in [-0.2, 0) is 6.42 Å². The number of benzene rings is 1. The molecule has 1 aromatic carbocycles. The molecule has 0 fully saturated rings. The van der Waals surface area contributed by atoms with Crippen molar-refractivity contribution in [2.24, 2.45) is 0 Å². The Hall–Kier alpha value is -2.12. The van der Waals surface area contributed by atoms with Crippen LogP contribution in [0.15, 0.2) is 18.2 Å². The van der Waals surface area contributed by atoms with Gasteiger partial charge in [-0.3, -0.25) is 0 Å². The summed E-state index contributed by atoms with van der Waals surface area (Å²) in [4.78, 5) is 8.74. The van der Waals surface area contributed by atoms with Gasteiger partial charge in [0.05, 0.1) is 24.4 Å². The molecule has 0 aliphatic carbocycles. The number of rotatable bonds is 3. The zero-order chi connectivity index (χ0) is 14.7. The zero-order valence-electron chi connectivity index (χ0n) is 11.6. The van der Waals surface area contributed by atoms with Crippen molar-refractivity contribution in [3.8, 4) is 23.1 Å². The minimum atomic E-state index is 0.427. The number of methoxy groups -OCH3 is 1. The first-order valence-corrected chi connectivity index (χ1v) is 6.60. The maximum absolute atomic E-state index is 9.05. The van der Waals surface area contributed by atoms with Gasteiger partial charge in [-0.25, -0.2) is 9.97 Å². The largest absolute Gasteiger partial charge is 0.496 e. The second-order valence-electron chi connectivity index (χ2n) is 4.28. The van der Waals surface area contributed by atoms with Crippen molar-refractivity contribution in [3.05, 3.63) is 40.3 Å². The van der Waals surface area contributed by atoms with E-state index in [4.69, 9.17) is 21.6 Å². The Balaban J connectivity index is 2.73. The van der Waals surface area contributed by atoms with Crippen molar-refractivity contribution >= 4 is 11.6 Å². The smallest absolute Gasteiger partial charge is 0.136 e. The third-order valence-corrected chi connectivity index (χ3v) is 3.40. The minimum Gasteiger partial charge on any atom is -0.496 e. The topological polar surface area (TPSA) is 58.8 Å². The lowest BCUT2D eigenvalue weighted by molar-refractivity contribution is 0.416. The summed E-state index contributed by atoms with van der Waals surface area (Å²) in [5, 5.41) is 9.47. The van der Waals surface area contributed by atoms with Gasteiger partial charge in [0.25, 0.3) is 0 Å². The van der Waals surface area contributed by atoms with Crippen LogP contribution in [0, 0.1) is 18.3 Å². The van der Waals surface area contributed by atoms with Gasteiger partial charge in [0.2, 0.25) is 0 Å². The van der Waals surface area contributed by atoms with E-state index in [1.54, 1.807) is 25.3 Å². The molecular weight excluding hydrogens is 274 g/mol. The van der Waals surface area contributed by atoms with E-state index in [1.165, 1.54) is 0 Å². The molecule has 4 nitrogen and oxygen atoms in total. The van der Waals surface area contributed by atoms with Gasteiger partial charge < -0.3 is 4.74 Å². The van der Waals surface area contributed by atoms with E-state index in [0.29, 0.717) is 34.4 Å². The van der Waals surface area contributed by atoms with Crippen LogP contribution in [0.3, 0.4) is 0 Å². The van der Waals surface area contributed by atoms with Crippen LogP contribution in [0.2, 0.25) is 5.15 Å². The molecule has 0 saturated carbocycles. The Bertz CT molecular complexity index is 692. The molecule has 0 unspecified atom stereocenters. The van der Waals surface area contributed by atoms with Gasteiger partial charge in [-0.15, -0.1) is 0 Å². The van der Waals surface area contributed by atoms with E-state index in [1.807, 2.05) is 13.8 Å². The van der Waals surface area contributed by atoms with Crippen molar-refractivity contribution in [1.82, 2.24) is 9.97 Å². The summed E-state index contributed by atoms with van der Waals surface area (Å²) in [5.41, 5.74) is 2.78. The van der Waals surface area contributed by atoms with Crippen molar-refractivity contribution in [2.45, 2.75) is 20.3 Å². The maximum Gasteiger partial charge on any atom is 0.136 e. The lowest BCUT2D eigenvalue weighted by atomic mass is 10.0. The number of halogens is 1. The average molecular weight is 288 g/mol. The molecule has 1 heterocycles. The van der Waals surface area contributed by atoms with Gasteiger partial charge in [0.1, 0.15) is 16.7 Å². The third kappa shape index (κ3) is 2.59. The number of hydrogen-bond donors (Lipinski definition) is 0. The zero-order valence-corrected chi connectivity index (χ0v) is 12.3. The van der Waals surface area contributed by atoms with Gasteiger partial charge in [0, 0.05) is 17.5 Å². The number of nitrogens with zero attached hydrogens (tertiary/aromatic N) is 3. The number of aryl methyl sites for hydroxylation is 1. The van der Waals surface area contributed by atoms with Crippen LogP contribution in [0.25, 0.3) is 11.3 Å². The summed E-state index contributed by atoms with van der Waals surface area (Å²) >= 11 is 6.16. The molecular formula is C15H14ClN3O. The molecule has 0 N–H and O–H groups in total. The van der Waals surface area contributed by atoms with E-state index in [9.17, 15) is 0 Å². The Morgan fingerprint density at radius 3 is 2.70 bits per heavy atom. The molecule has 2 rings (SSSR count). The Morgan fingerprint density at radius 1 is 1.35 bits per heavy atom. The number of aromatic nitrogens is 2. The Kier molecular flexibility index (Phi) is 4.21. The molecule has 0 radical (unpaired) electrons. The SMILES string of the molecule is CCc1nc(Cl)c(C)c(-c2cc(C#N)ccc2OC)n1.